The molecular formula is C134H206O16. The fraction of sp³-hybridized carbons (Fsp3) is 0.888. The molecule has 5 aliphatic heterocycles. The summed E-state index contributed by atoms with van der Waals surface area (Å²) in [6.45, 7) is 56.8. The fourth-order valence-corrected chi connectivity index (χ4v) is 44.7. The van der Waals surface area contributed by atoms with Gasteiger partial charge in [0.2, 0.25) is 0 Å². The molecule has 2 N–H and O–H groups in total. The Kier molecular flexibility index (Phi) is 28.8. The van der Waals surface area contributed by atoms with Crippen molar-refractivity contribution in [2.24, 2.45) is 207 Å². The summed E-state index contributed by atoms with van der Waals surface area (Å²) in [5, 5.41) is 19.1. The molecule has 16 heteroatoms. The first-order valence-corrected chi connectivity index (χ1v) is 63.4. The number of allylic oxidation sites excluding steroid dienone is 11. The number of ketones is 3. The number of rotatable bonds is 0. The van der Waals surface area contributed by atoms with Gasteiger partial charge in [-0.2, -0.15) is 0 Å². The van der Waals surface area contributed by atoms with E-state index in [1.54, 1.807) is 31.9 Å². The number of carbonyl (C=O) groups excluding carboxylic acids is 3. The molecule has 0 aromatic carbocycles. The van der Waals surface area contributed by atoms with Crippen molar-refractivity contribution in [3.63, 3.8) is 0 Å². The number of aliphatic hydroxyl groups excluding tert-OH is 1. The molecule has 18 saturated carbocycles. The van der Waals surface area contributed by atoms with Crippen LogP contribution in [-0.4, -0.2) is 134 Å². The maximum atomic E-state index is 13.3. The summed E-state index contributed by atoms with van der Waals surface area (Å²) < 4.78 is 62.2. The highest BCUT2D eigenvalue weighted by molar-refractivity contribution is 5.95. The number of ether oxygens (including phenoxy) is 10. The van der Waals surface area contributed by atoms with E-state index in [-0.39, 0.29) is 78.6 Å². The van der Waals surface area contributed by atoms with Gasteiger partial charge in [0.1, 0.15) is 5.78 Å². The van der Waals surface area contributed by atoms with Gasteiger partial charge in [0, 0.05) is 82.9 Å². The lowest BCUT2D eigenvalue weighted by atomic mass is 9.46. The number of carbonyl (C=O) groups is 3. The highest BCUT2D eigenvalue weighted by Crippen LogP contribution is 2.77. The third-order valence-corrected chi connectivity index (χ3v) is 53.8. The Morgan fingerprint density at radius 2 is 0.507 bits per heavy atom. The van der Waals surface area contributed by atoms with Crippen molar-refractivity contribution < 1.29 is 77.0 Å². The maximum Gasteiger partial charge on any atom is 0.174 e. The zero-order valence-electron chi connectivity index (χ0n) is 97.9. The normalized spacial score (nSPS) is 50.7. The topological polar surface area (TPSA) is 193 Å². The Hall–Kier alpha value is -3.07. The van der Waals surface area contributed by atoms with Crippen molar-refractivity contribution in [3.8, 4) is 0 Å². The van der Waals surface area contributed by atoms with Gasteiger partial charge in [0.05, 0.1) is 77.8 Å². The Bertz CT molecular complexity index is 4990. The van der Waals surface area contributed by atoms with E-state index < -0.39 is 17.2 Å². The van der Waals surface area contributed by atoms with Crippen LogP contribution in [-0.2, 0) is 66.6 Å². The van der Waals surface area contributed by atoms with Crippen molar-refractivity contribution >= 4 is 17.3 Å². The molecule has 5 heterocycles. The molecule has 0 amide bonds. The van der Waals surface area contributed by atoms with E-state index in [2.05, 4.69) is 166 Å². The molecule has 23 fully saturated rings. The quantitative estimate of drug-likeness (QED) is 0.132. The lowest BCUT2D eigenvalue weighted by Crippen LogP contribution is -2.57. The van der Waals surface area contributed by atoms with Crippen LogP contribution in [0.3, 0.4) is 0 Å². The lowest BCUT2D eigenvalue weighted by molar-refractivity contribution is -0.306. The highest BCUT2D eigenvalue weighted by Gasteiger charge is 2.75. The number of hydrogen-bond donors (Lipinski definition) is 2. The Balaban J connectivity index is 0.0000000976. The molecule has 5 spiro atoms. The van der Waals surface area contributed by atoms with Gasteiger partial charge in [-0.15, -0.1) is 0 Å². The van der Waals surface area contributed by atoms with Crippen LogP contribution >= 0.6 is 0 Å². The van der Waals surface area contributed by atoms with Gasteiger partial charge in [-0.25, -0.2) is 4.89 Å². The van der Waals surface area contributed by atoms with Crippen molar-refractivity contribution in [1.29, 1.82) is 0 Å². The molecule has 24 aliphatic carbocycles. The van der Waals surface area contributed by atoms with Crippen LogP contribution in [0.1, 0.15) is 434 Å². The summed E-state index contributed by atoms with van der Waals surface area (Å²) in [6.07, 6.45) is 69.7. The summed E-state index contributed by atoms with van der Waals surface area (Å²) in [6, 6.07) is 0. The predicted octanol–water partition coefficient (Wildman–Crippen LogP) is 30.4. The zero-order chi connectivity index (χ0) is 106. The molecule has 18 unspecified atom stereocenters. The van der Waals surface area contributed by atoms with Crippen molar-refractivity contribution in [1.82, 2.24) is 0 Å². The van der Waals surface area contributed by atoms with Crippen LogP contribution in [0.5, 0.6) is 0 Å². The van der Waals surface area contributed by atoms with E-state index in [0.29, 0.717) is 113 Å². The second-order valence-corrected chi connectivity index (χ2v) is 61.6. The van der Waals surface area contributed by atoms with E-state index in [9.17, 15) is 19.5 Å². The summed E-state index contributed by atoms with van der Waals surface area (Å²) in [5.74, 6) is 15.9. The van der Waals surface area contributed by atoms with Crippen LogP contribution in [0.25, 0.3) is 0 Å². The number of aliphatic hydroxyl groups is 1. The van der Waals surface area contributed by atoms with Crippen molar-refractivity contribution in [2.45, 2.75) is 475 Å². The van der Waals surface area contributed by atoms with E-state index in [0.717, 1.165) is 225 Å². The van der Waals surface area contributed by atoms with Gasteiger partial charge in [-0.1, -0.05) is 182 Å². The van der Waals surface area contributed by atoms with Crippen LogP contribution in [0.15, 0.2) is 69.9 Å². The third-order valence-electron chi connectivity index (χ3n) is 53.8. The van der Waals surface area contributed by atoms with Crippen LogP contribution in [0.4, 0.5) is 0 Å². The van der Waals surface area contributed by atoms with Gasteiger partial charge in [-0.3, -0.25) is 19.6 Å². The minimum absolute atomic E-state index is 0.00396. The molecule has 37 atom stereocenters. The number of hydrogen-bond acceptors (Lipinski definition) is 16. The Morgan fingerprint density at radius 1 is 0.273 bits per heavy atom. The first-order chi connectivity index (χ1) is 71.2. The lowest BCUT2D eigenvalue weighted by Gasteiger charge is -2.59. The molecule has 838 valence electrons. The van der Waals surface area contributed by atoms with Gasteiger partial charge >= 0.3 is 0 Å². The molecule has 5 saturated heterocycles. The largest absolute Gasteiger partial charge is 0.389 e. The van der Waals surface area contributed by atoms with Crippen LogP contribution < -0.4 is 0 Å². The van der Waals surface area contributed by atoms with E-state index in [1.807, 2.05) is 11.1 Å². The Morgan fingerprint density at radius 3 is 0.833 bits per heavy atom. The summed E-state index contributed by atoms with van der Waals surface area (Å²) >= 11 is 0. The first-order valence-electron chi connectivity index (χ1n) is 63.4. The van der Waals surface area contributed by atoms with E-state index >= 15 is 0 Å². The minimum Gasteiger partial charge on any atom is -0.389 e. The average molecular weight is 2070 g/mol. The van der Waals surface area contributed by atoms with Gasteiger partial charge in [-0.05, 0) is 446 Å². The summed E-state index contributed by atoms with van der Waals surface area (Å²) in [4.78, 5) is 42.9. The molecule has 0 aromatic heterocycles. The monoisotopic (exact) mass is 2070 g/mol. The van der Waals surface area contributed by atoms with Crippen LogP contribution in [0, 0.1) is 207 Å². The number of fused-ring (bicyclic) bond motifs is 35. The number of Topliss-reactive ketones (excluding diaryl/α,β-unsaturated/α-hetero) is 1. The van der Waals surface area contributed by atoms with Gasteiger partial charge in [0.15, 0.2) is 40.5 Å². The first kappa shape index (κ1) is 110. The molecule has 150 heavy (non-hydrogen) atoms. The Labute approximate surface area is 906 Å². The summed E-state index contributed by atoms with van der Waals surface area (Å²) in [7, 11) is 0. The van der Waals surface area contributed by atoms with Crippen molar-refractivity contribution in [3.05, 3.63) is 69.9 Å². The molecule has 16 nitrogen and oxygen atoms in total. The van der Waals surface area contributed by atoms with Gasteiger partial charge in [0.25, 0.3) is 0 Å². The second-order valence-electron chi connectivity index (χ2n) is 61.6. The van der Waals surface area contributed by atoms with E-state index in [4.69, 9.17) is 52.6 Å². The maximum absolute atomic E-state index is 13.3. The zero-order valence-corrected chi connectivity index (χ0v) is 97.9. The smallest absolute Gasteiger partial charge is 0.174 e. The molecule has 29 rings (SSSR count). The standard InChI is InChI=1S/C22H34O3.2C22H32O3.2C22H34O2.C20H30O.C4H10O2/c3*1-14-4-7-20(2)15(12-14)13-18(23)19-16(20)5-8-21(3)17(19)6-9-22(21)24-10-11-25-22;2*1-15-6-9-20(2)16(14-15)4-5-17-18(20)7-10-21(3)19(17)8-11-22(21)23-12-13-24-22;1-13-8-10-19(2)14(12-13)4-5-15-16-6-7-18(21)20(16,3)11-9-17(15)19;1-4(2,3)6-5/h13-14,16-19,23H,4-12H2,1-3H3;2*13-14,16-17,19H,4-12H2,1-3H3;2*4,15,17-19H,5-14H2,1-3H3;4,13,15-17H,5-12H2,1-3H3;5H,1-3H3/t14-,16?,17?,18-,19?,20-,21-;2*14-,16?,17?,19?,20-,21-;2*15-,17?,18?,19?,20-,21-;13-,15?,16?,17?,19-,20-;/m000000./s1. The average Bonchev–Trinajstić information content (AvgIpc) is 1.53. The van der Waals surface area contributed by atoms with Crippen LogP contribution in [0.2, 0.25) is 0 Å². The molecule has 0 radical (unpaired) electrons. The second kappa shape index (κ2) is 39.4. The molecule has 0 bridgehead atoms. The predicted molar refractivity (Wildman–Crippen MR) is 589 cm³/mol. The highest BCUT2D eigenvalue weighted by atomic mass is 17.1. The summed E-state index contributed by atoms with van der Waals surface area (Å²) in [5.41, 5.74) is 12.3. The minimum atomic E-state index is -0.408. The molecule has 0 aromatic rings. The van der Waals surface area contributed by atoms with E-state index in [1.165, 1.54) is 197 Å². The van der Waals surface area contributed by atoms with Gasteiger partial charge < -0.3 is 52.5 Å². The fourth-order valence-electron chi connectivity index (χ4n) is 44.7. The van der Waals surface area contributed by atoms with Crippen molar-refractivity contribution in [2.75, 3.05) is 66.1 Å². The third kappa shape index (κ3) is 16.9. The molecular weight excluding hydrogens is 1870 g/mol. The molecule has 29 aliphatic rings. The SMILES string of the molecule is CC(C)(C)OO.C[C@H]1CC[C@@]2(C)C(=CC(=O)C3C2CC[C@@]2(C)C3CCC23OCCO3)C1.C[C@H]1CC[C@@]2(C)C(=CC(=O)C3C2CC[C@@]2(C)C3CCC23OCCO3)C1.C[C@H]1CC[C@@]2(C)C(=CCC3C2CC[C@@]2(C)C3CCC23OCCO3)C1.C[C@H]1CC[C@@]2(C)C(=CCC3C2CC[C@@]2(C)C3CCC23OCCO3)C1.C[C@H]1CC[C@@]2(C)C(=CCC3C2CC[C@]2(C)C(=O)CCC32)C1.C[C@H]1CC[C@@]2(C)C(=C[C@H](O)C3C2CC[C@@]2(C)C3CCC23OCCO3)C1.